The van der Waals surface area contributed by atoms with Gasteiger partial charge < -0.3 is 9.47 Å². The number of hydrogen-bond donors (Lipinski definition) is 0. The Labute approximate surface area is 180 Å². The van der Waals surface area contributed by atoms with Crippen LogP contribution in [-0.2, 0) is 11.2 Å². The number of aryl methyl sites for hydroxylation is 1. The van der Waals surface area contributed by atoms with Crippen molar-refractivity contribution in [2.75, 3.05) is 20.3 Å². The zero-order valence-corrected chi connectivity index (χ0v) is 18.1. The van der Waals surface area contributed by atoms with E-state index >= 15 is 0 Å². The van der Waals surface area contributed by atoms with Crippen LogP contribution in [0.2, 0.25) is 0 Å². The van der Waals surface area contributed by atoms with E-state index in [-0.39, 0.29) is 0 Å². The molecule has 0 unspecified atom stereocenters. The minimum atomic E-state index is 0.706. The molecule has 0 saturated carbocycles. The van der Waals surface area contributed by atoms with E-state index < -0.39 is 0 Å². The van der Waals surface area contributed by atoms with E-state index in [0.29, 0.717) is 6.61 Å². The van der Waals surface area contributed by atoms with E-state index in [0.717, 1.165) is 54.1 Å². The maximum absolute atomic E-state index is 5.77. The highest BCUT2D eigenvalue weighted by molar-refractivity contribution is 5.64. The Bertz CT molecular complexity index is 859. The fraction of sp³-hybridized carbons (Fsp3) is 0.385. The Morgan fingerprint density at radius 2 is 1.37 bits per heavy atom. The average molecular weight is 405 g/mol. The molecule has 0 aliphatic heterocycles. The number of hydrogen-bond acceptors (Lipinski definition) is 4. The molecule has 3 aromatic rings. The standard InChI is InChI=1S/C26H32N2O2/c1-3-4-5-8-21-9-11-23(12-10-21)26-27-19-24(20-28-26)22-13-15-25(16-14-22)30-18-7-6-17-29-2/h9-16,19-20H,3-8,17-18H2,1-2H3. The minimum Gasteiger partial charge on any atom is -0.494 e. The largest absolute Gasteiger partial charge is 0.494 e. The van der Waals surface area contributed by atoms with Crippen LogP contribution >= 0.6 is 0 Å². The number of unbranched alkanes of at least 4 members (excludes halogenated alkanes) is 3. The van der Waals surface area contributed by atoms with E-state index in [1.54, 1.807) is 7.11 Å². The molecular weight excluding hydrogens is 372 g/mol. The van der Waals surface area contributed by atoms with Crippen molar-refractivity contribution in [3.8, 4) is 28.3 Å². The molecular formula is C26H32N2O2. The van der Waals surface area contributed by atoms with Crippen molar-refractivity contribution in [2.45, 2.75) is 45.4 Å². The van der Waals surface area contributed by atoms with Crippen molar-refractivity contribution >= 4 is 0 Å². The fourth-order valence-electron chi connectivity index (χ4n) is 3.31. The second-order valence-corrected chi connectivity index (χ2v) is 7.52. The van der Waals surface area contributed by atoms with Crippen LogP contribution < -0.4 is 4.74 Å². The number of ether oxygens (including phenoxy) is 2. The number of aromatic nitrogens is 2. The molecule has 0 atom stereocenters. The molecule has 3 rings (SSSR count). The van der Waals surface area contributed by atoms with E-state index in [4.69, 9.17) is 9.47 Å². The summed E-state index contributed by atoms with van der Waals surface area (Å²) in [6.07, 6.45) is 10.7. The van der Waals surface area contributed by atoms with Gasteiger partial charge in [0.25, 0.3) is 0 Å². The third kappa shape index (κ3) is 6.67. The smallest absolute Gasteiger partial charge is 0.159 e. The van der Waals surface area contributed by atoms with Gasteiger partial charge in [-0.15, -0.1) is 0 Å². The fourth-order valence-corrected chi connectivity index (χ4v) is 3.31. The SMILES string of the molecule is CCCCCc1ccc(-c2ncc(-c3ccc(OCCCCOC)cc3)cn2)cc1. The lowest BCUT2D eigenvalue weighted by Gasteiger charge is -2.08. The number of methoxy groups -OCH3 is 1. The van der Waals surface area contributed by atoms with Crippen LogP contribution in [0.25, 0.3) is 22.5 Å². The molecule has 0 aliphatic rings. The van der Waals surface area contributed by atoms with Crippen molar-refractivity contribution in [2.24, 2.45) is 0 Å². The second-order valence-electron chi connectivity index (χ2n) is 7.52. The van der Waals surface area contributed by atoms with Crippen molar-refractivity contribution in [1.29, 1.82) is 0 Å². The Kier molecular flexibility index (Phi) is 8.85. The van der Waals surface area contributed by atoms with Crippen molar-refractivity contribution in [3.05, 3.63) is 66.5 Å². The molecule has 0 fully saturated rings. The van der Waals surface area contributed by atoms with Gasteiger partial charge in [-0.05, 0) is 48.9 Å². The monoisotopic (exact) mass is 404 g/mol. The predicted octanol–water partition coefficient (Wildman–Crippen LogP) is 6.35. The summed E-state index contributed by atoms with van der Waals surface area (Å²) in [5, 5.41) is 0. The molecule has 0 bridgehead atoms. The molecule has 0 N–H and O–H groups in total. The summed E-state index contributed by atoms with van der Waals surface area (Å²) in [5.74, 6) is 1.64. The van der Waals surface area contributed by atoms with Gasteiger partial charge in [0.2, 0.25) is 0 Å². The molecule has 0 aliphatic carbocycles. The van der Waals surface area contributed by atoms with Gasteiger partial charge in [-0.1, -0.05) is 56.2 Å². The van der Waals surface area contributed by atoms with Crippen LogP contribution in [0.4, 0.5) is 0 Å². The summed E-state index contributed by atoms with van der Waals surface area (Å²) in [5.41, 5.74) is 4.52. The molecule has 2 aromatic carbocycles. The number of nitrogens with zero attached hydrogens (tertiary/aromatic N) is 2. The summed E-state index contributed by atoms with van der Waals surface area (Å²) in [6.45, 7) is 3.72. The van der Waals surface area contributed by atoms with E-state index in [1.165, 1.54) is 24.8 Å². The van der Waals surface area contributed by atoms with Crippen LogP contribution in [0, 0.1) is 0 Å². The van der Waals surface area contributed by atoms with Gasteiger partial charge in [0, 0.05) is 37.2 Å². The maximum atomic E-state index is 5.77. The molecule has 1 heterocycles. The first-order valence-corrected chi connectivity index (χ1v) is 10.9. The molecule has 4 nitrogen and oxygen atoms in total. The van der Waals surface area contributed by atoms with Crippen molar-refractivity contribution in [3.63, 3.8) is 0 Å². The van der Waals surface area contributed by atoms with Crippen LogP contribution in [0.5, 0.6) is 5.75 Å². The highest BCUT2D eigenvalue weighted by Crippen LogP contribution is 2.23. The minimum absolute atomic E-state index is 0.706. The van der Waals surface area contributed by atoms with Crippen molar-refractivity contribution < 1.29 is 9.47 Å². The highest BCUT2D eigenvalue weighted by Gasteiger charge is 2.04. The van der Waals surface area contributed by atoms with E-state index in [9.17, 15) is 0 Å². The maximum Gasteiger partial charge on any atom is 0.159 e. The molecule has 1 aromatic heterocycles. The summed E-state index contributed by atoms with van der Waals surface area (Å²) >= 11 is 0. The molecule has 158 valence electrons. The van der Waals surface area contributed by atoms with Crippen molar-refractivity contribution in [1.82, 2.24) is 9.97 Å². The Hall–Kier alpha value is -2.72. The van der Waals surface area contributed by atoms with Gasteiger partial charge in [-0.2, -0.15) is 0 Å². The molecule has 0 saturated heterocycles. The third-order valence-electron chi connectivity index (χ3n) is 5.13. The van der Waals surface area contributed by atoms with E-state index in [1.807, 2.05) is 36.7 Å². The summed E-state index contributed by atoms with van der Waals surface area (Å²) in [6, 6.07) is 16.7. The number of benzene rings is 2. The average Bonchev–Trinajstić information content (AvgIpc) is 2.80. The first-order chi connectivity index (χ1) is 14.8. The first kappa shape index (κ1) is 22.0. The second kappa shape index (κ2) is 12.1. The van der Waals surface area contributed by atoms with Crippen LogP contribution in [0.1, 0.15) is 44.6 Å². The van der Waals surface area contributed by atoms with Crippen LogP contribution in [-0.4, -0.2) is 30.3 Å². The Morgan fingerprint density at radius 3 is 2.03 bits per heavy atom. The zero-order chi connectivity index (χ0) is 21.0. The van der Waals surface area contributed by atoms with Gasteiger partial charge in [0.05, 0.1) is 6.61 Å². The topological polar surface area (TPSA) is 44.2 Å². The van der Waals surface area contributed by atoms with Gasteiger partial charge >= 0.3 is 0 Å². The summed E-state index contributed by atoms with van der Waals surface area (Å²) in [4.78, 5) is 9.15. The van der Waals surface area contributed by atoms with Crippen LogP contribution in [0.3, 0.4) is 0 Å². The van der Waals surface area contributed by atoms with E-state index in [2.05, 4.69) is 41.2 Å². The zero-order valence-electron chi connectivity index (χ0n) is 18.1. The Morgan fingerprint density at radius 1 is 0.700 bits per heavy atom. The molecule has 0 radical (unpaired) electrons. The molecule has 30 heavy (non-hydrogen) atoms. The predicted molar refractivity (Wildman–Crippen MR) is 123 cm³/mol. The van der Waals surface area contributed by atoms with Gasteiger partial charge in [-0.3, -0.25) is 0 Å². The van der Waals surface area contributed by atoms with Gasteiger partial charge in [0.1, 0.15) is 5.75 Å². The first-order valence-electron chi connectivity index (χ1n) is 10.9. The third-order valence-corrected chi connectivity index (χ3v) is 5.13. The lowest BCUT2D eigenvalue weighted by molar-refractivity contribution is 0.184. The lowest BCUT2D eigenvalue weighted by Crippen LogP contribution is -1.99. The lowest BCUT2D eigenvalue weighted by atomic mass is 10.0. The number of rotatable bonds is 12. The molecule has 4 heteroatoms. The summed E-state index contributed by atoms with van der Waals surface area (Å²) < 4.78 is 10.8. The normalized spacial score (nSPS) is 10.9. The molecule has 0 spiro atoms. The quantitative estimate of drug-likeness (QED) is 0.330. The van der Waals surface area contributed by atoms with Gasteiger partial charge in [0.15, 0.2) is 5.82 Å². The molecule has 0 amide bonds. The highest BCUT2D eigenvalue weighted by atomic mass is 16.5. The summed E-state index contributed by atoms with van der Waals surface area (Å²) in [7, 11) is 1.72. The van der Waals surface area contributed by atoms with Crippen LogP contribution in [0.15, 0.2) is 60.9 Å². The van der Waals surface area contributed by atoms with Gasteiger partial charge in [-0.25, -0.2) is 9.97 Å². The Balaban J connectivity index is 1.56.